The number of anilines is 2. The van der Waals surface area contributed by atoms with E-state index in [0.29, 0.717) is 21.4 Å². The summed E-state index contributed by atoms with van der Waals surface area (Å²) in [5.74, 6) is 1.37. The second-order valence-corrected chi connectivity index (χ2v) is 9.96. The zero-order valence-corrected chi connectivity index (χ0v) is 22.5. The van der Waals surface area contributed by atoms with Crippen molar-refractivity contribution in [2.45, 2.75) is 45.4 Å². The minimum absolute atomic E-state index is 0.351. The van der Waals surface area contributed by atoms with Crippen molar-refractivity contribution in [2.75, 3.05) is 42.6 Å². The van der Waals surface area contributed by atoms with Gasteiger partial charge in [-0.3, -0.25) is 0 Å². The number of ether oxygens (including phenoxy) is 1. The summed E-state index contributed by atoms with van der Waals surface area (Å²) in [6.45, 7) is 6.43. The molecule has 0 radical (unpaired) electrons. The summed E-state index contributed by atoms with van der Waals surface area (Å²) < 4.78 is 7.05. The SMILES string of the molecule is CCCCCCCCOc1ccc(N2CCN(c3ccc(C(=O)n4n[n+]([O-])c5ccccc54)cn3)CC2)cc1. The molecule has 1 aliphatic heterocycles. The quantitative estimate of drug-likeness (QED) is 0.157. The van der Waals surface area contributed by atoms with Crippen molar-refractivity contribution >= 4 is 28.4 Å². The number of para-hydroxylation sites is 2. The van der Waals surface area contributed by atoms with E-state index in [-0.39, 0.29) is 5.91 Å². The van der Waals surface area contributed by atoms with Crippen LogP contribution in [-0.4, -0.2) is 53.6 Å². The third-order valence-electron chi connectivity index (χ3n) is 7.25. The highest BCUT2D eigenvalue weighted by Gasteiger charge is 2.24. The Balaban J connectivity index is 1.11. The van der Waals surface area contributed by atoms with Gasteiger partial charge in [-0.05, 0) is 55.0 Å². The smallest absolute Gasteiger partial charge is 0.368 e. The molecule has 0 atom stereocenters. The van der Waals surface area contributed by atoms with Crippen LogP contribution < -0.4 is 19.4 Å². The van der Waals surface area contributed by atoms with Crippen LogP contribution in [-0.2, 0) is 0 Å². The molecule has 1 fully saturated rings. The van der Waals surface area contributed by atoms with E-state index in [0.717, 1.165) is 55.5 Å². The van der Waals surface area contributed by atoms with Crippen LogP contribution in [0.5, 0.6) is 5.75 Å². The van der Waals surface area contributed by atoms with Crippen LogP contribution >= 0.6 is 0 Å². The van der Waals surface area contributed by atoms with Crippen LogP contribution in [0.2, 0.25) is 0 Å². The lowest BCUT2D eigenvalue weighted by Crippen LogP contribution is -2.46. The average Bonchev–Trinajstić information content (AvgIpc) is 3.33. The molecule has 0 aliphatic carbocycles. The van der Waals surface area contributed by atoms with Crippen molar-refractivity contribution < 1.29 is 14.4 Å². The predicted molar refractivity (Wildman–Crippen MR) is 152 cm³/mol. The van der Waals surface area contributed by atoms with Crippen LogP contribution in [0.25, 0.3) is 11.0 Å². The monoisotopic (exact) mass is 528 g/mol. The van der Waals surface area contributed by atoms with Gasteiger partial charge in [0.1, 0.15) is 16.8 Å². The average molecular weight is 529 g/mol. The summed E-state index contributed by atoms with van der Waals surface area (Å²) >= 11 is 0. The molecule has 1 saturated heterocycles. The number of aromatic nitrogens is 4. The molecule has 1 aliphatic rings. The Hall–Kier alpha value is -4.14. The molecule has 0 saturated carbocycles. The fraction of sp³-hybridized carbons (Fsp3) is 0.400. The Morgan fingerprint density at radius 3 is 2.36 bits per heavy atom. The normalized spacial score (nSPS) is 13.7. The third-order valence-corrected chi connectivity index (χ3v) is 7.25. The van der Waals surface area contributed by atoms with Crippen LogP contribution in [0, 0.1) is 5.21 Å². The van der Waals surface area contributed by atoms with Gasteiger partial charge in [0.2, 0.25) is 11.0 Å². The summed E-state index contributed by atoms with van der Waals surface area (Å²) in [5.41, 5.74) is 2.39. The largest absolute Gasteiger partial charge is 0.691 e. The molecule has 4 aromatic rings. The highest BCUT2D eigenvalue weighted by Crippen LogP contribution is 2.23. The number of carbonyl (C=O) groups excluding carboxylic acids is 1. The predicted octanol–water partition coefficient (Wildman–Crippen LogP) is 4.82. The van der Waals surface area contributed by atoms with Gasteiger partial charge in [0.15, 0.2) is 0 Å². The van der Waals surface area contributed by atoms with Crippen LogP contribution in [0.3, 0.4) is 0 Å². The number of carbonyl (C=O) groups is 1. The van der Waals surface area contributed by atoms with E-state index < -0.39 is 0 Å². The van der Waals surface area contributed by atoms with Crippen molar-refractivity contribution in [1.82, 2.24) is 14.9 Å². The van der Waals surface area contributed by atoms with E-state index in [1.165, 1.54) is 37.8 Å². The lowest BCUT2D eigenvalue weighted by molar-refractivity contribution is -0.645. The maximum Gasteiger partial charge on any atom is 0.368 e. The number of rotatable bonds is 11. The van der Waals surface area contributed by atoms with Gasteiger partial charge in [-0.15, -0.1) is 4.85 Å². The van der Waals surface area contributed by atoms with Gasteiger partial charge in [0.05, 0.1) is 12.2 Å². The minimum Gasteiger partial charge on any atom is -0.691 e. The van der Waals surface area contributed by atoms with E-state index in [1.807, 2.05) is 6.07 Å². The number of hydrogen-bond donors (Lipinski definition) is 0. The Morgan fingerprint density at radius 1 is 0.897 bits per heavy atom. The topological polar surface area (TPSA) is 90.4 Å². The molecule has 0 N–H and O–H groups in total. The number of pyridine rings is 1. The zero-order valence-electron chi connectivity index (χ0n) is 22.5. The molecular formula is C30H36N6O3. The fourth-order valence-electron chi connectivity index (χ4n) is 4.97. The molecule has 0 amide bonds. The number of benzene rings is 2. The highest BCUT2D eigenvalue weighted by atomic mass is 16.5. The lowest BCUT2D eigenvalue weighted by atomic mass is 10.1. The standard InChI is InChI=1S/C30H36N6O3/c1-2-3-4-5-6-9-22-39-26-15-13-25(14-16-26)33-18-20-34(21-19-33)29-17-12-24(23-31-29)30(37)35-27-10-7-8-11-28(27)36(38)32-35/h7-8,10-17,23H,2-6,9,18-22H2,1H3. The van der Waals surface area contributed by atoms with E-state index in [4.69, 9.17) is 4.74 Å². The molecular weight excluding hydrogens is 492 g/mol. The number of hydrogen-bond acceptors (Lipinski definition) is 7. The number of piperazine rings is 1. The Bertz CT molecular complexity index is 1360. The van der Waals surface area contributed by atoms with Gasteiger partial charge in [0.25, 0.3) is 0 Å². The zero-order chi connectivity index (χ0) is 27.0. The van der Waals surface area contributed by atoms with Crippen molar-refractivity contribution in [3.8, 4) is 5.75 Å². The number of nitrogens with zero attached hydrogens (tertiary/aromatic N) is 6. The first-order valence-corrected chi connectivity index (χ1v) is 13.9. The molecule has 0 unspecified atom stereocenters. The third kappa shape index (κ3) is 6.30. The second-order valence-electron chi connectivity index (χ2n) is 9.96. The van der Waals surface area contributed by atoms with Crippen LogP contribution in [0.4, 0.5) is 11.5 Å². The second kappa shape index (κ2) is 12.6. The molecule has 0 spiro atoms. The Labute approximate surface area is 229 Å². The summed E-state index contributed by atoms with van der Waals surface area (Å²) in [6, 6.07) is 18.8. The summed E-state index contributed by atoms with van der Waals surface area (Å²) in [4.78, 5) is 22.6. The van der Waals surface area contributed by atoms with Gasteiger partial charge in [-0.1, -0.05) is 55.8 Å². The van der Waals surface area contributed by atoms with Gasteiger partial charge in [-0.2, -0.15) is 0 Å². The first-order chi connectivity index (χ1) is 19.1. The van der Waals surface area contributed by atoms with Crippen LogP contribution in [0.1, 0.15) is 55.8 Å². The van der Waals surface area contributed by atoms with Gasteiger partial charge in [-0.25, -0.2) is 9.78 Å². The van der Waals surface area contributed by atoms with Gasteiger partial charge < -0.3 is 19.7 Å². The first kappa shape index (κ1) is 26.5. The molecule has 39 heavy (non-hydrogen) atoms. The fourth-order valence-corrected chi connectivity index (χ4v) is 4.97. The molecule has 3 heterocycles. The van der Waals surface area contributed by atoms with Crippen molar-refractivity contribution in [3.05, 3.63) is 77.6 Å². The van der Waals surface area contributed by atoms with E-state index in [9.17, 15) is 10.0 Å². The van der Waals surface area contributed by atoms with E-state index in [1.54, 1.807) is 36.5 Å². The van der Waals surface area contributed by atoms with Crippen LogP contribution in [0.15, 0.2) is 66.9 Å². The van der Waals surface area contributed by atoms with Crippen molar-refractivity contribution in [3.63, 3.8) is 0 Å². The molecule has 2 aromatic carbocycles. The van der Waals surface area contributed by atoms with Gasteiger partial charge in [0, 0.05) is 38.1 Å². The van der Waals surface area contributed by atoms with Crippen molar-refractivity contribution in [2.24, 2.45) is 0 Å². The summed E-state index contributed by atoms with van der Waals surface area (Å²) in [6.07, 6.45) is 9.13. The Kier molecular flexibility index (Phi) is 8.55. The lowest BCUT2D eigenvalue weighted by Gasteiger charge is -2.36. The van der Waals surface area contributed by atoms with E-state index in [2.05, 4.69) is 51.2 Å². The molecule has 2 aromatic heterocycles. The first-order valence-electron chi connectivity index (χ1n) is 13.9. The highest BCUT2D eigenvalue weighted by molar-refractivity contribution is 5.99. The summed E-state index contributed by atoms with van der Waals surface area (Å²) in [7, 11) is 0. The minimum atomic E-state index is -0.385. The molecule has 9 nitrogen and oxygen atoms in total. The maximum atomic E-state index is 13.0. The maximum absolute atomic E-state index is 13.0. The molecule has 9 heteroatoms. The molecule has 5 rings (SSSR count). The van der Waals surface area contributed by atoms with Crippen molar-refractivity contribution in [1.29, 1.82) is 0 Å². The van der Waals surface area contributed by atoms with E-state index >= 15 is 0 Å². The van der Waals surface area contributed by atoms with Gasteiger partial charge >= 0.3 is 5.91 Å². The Morgan fingerprint density at radius 2 is 1.62 bits per heavy atom. The summed E-state index contributed by atoms with van der Waals surface area (Å²) in [5, 5.41) is 15.9. The molecule has 204 valence electrons. The number of fused-ring (bicyclic) bond motifs is 1. The molecule has 0 bridgehead atoms. The number of unbranched alkanes of at least 4 members (excludes halogenated alkanes) is 5.